The molecule has 0 unspecified atom stereocenters. The number of H-pyrrole nitrogens is 1. The average Bonchev–Trinajstić information content (AvgIpc) is 3.63. The summed E-state index contributed by atoms with van der Waals surface area (Å²) < 4.78 is 18.7. The van der Waals surface area contributed by atoms with Crippen LogP contribution in [-0.4, -0.2) is 49.6 Å². The van der Waals surface area contributed by atoms with E-state index in [9.17, 15) is 4.79 Å². The van der Waals surface area contributed by atoms with E-state index in [2.05, 4.69) is 38.4 Å². The summed E-state index contributed by atoms with van der Waals surface area (Å²) in [4.78, 5) is 18.4. The van der Waals surface area contributed by atoms with Gasteiger partial charge in [0.15, 0.2) is 17.3 Å². The van der Waals surface area contributed by atoms with Crippen molar-refractivity contribution in [1.82, 2.24) is 30.1 Å². The molecule has 1 saturated heterocycles. The Kier molecular flexibility index (Phi) is 6.35. The Hall–Kier alpha value is -3.76. The quantitative estimate of drug-likeness (QED) is 0.391. The van der Waals surface area contributed by atoms with Gasteiger partial charge in [-0.3, -0.25) is 9.69 Å². The van der Waals surface area contributed by atoms with Crippen LogP contribution in [0.3, 0.4) is 0 Å². The molecule has 0 spiro atoms. The van der Waals surface area contributed by atoms with Crippen LogP contribution < -0.4 is 15.0 Å². The molecule has 1 fully saturated rings. The van der Waals surface area contributed by atoms with Crippen LogP contribution in [0.2, 0.25) is 0 Å². The molecule has 2 aliphatic rings. The molecular weight excluding hydrogens is 472 g/mol. The number of pyridine rings is 1. The number of nitrogens with zero attached hydrogens (tertiary/aromatic N) is 5. The van der Waals surface area contributed by atoms with Gasteiger partial charge in [-0.25, -0.2) is 4.68 Å². The number of ether oxygens (including phenoxy) is 3. The van der Waals surface area contributed by atoms with Crippen molar-refractivity contribution in [3.63, 3.8) is 0 Å². The summed E-state index contributed by atoms with van der Waals surface area (Å²) in [6.45, 7) is 7.21. The smallest absolute Gasteiger partial charge is 0.252 e. The number of benzene rings is 2. The van der Waals surface area contributed by atoms with Crippen molar-refractivity contribution in [2.45, 2.75) is 59.0 Å². The Morgan fingerprint density at radius 3 is 2.84 bits per heavy atom. The van der Waals surface area contributed by atoms with Crippen LogP contribution in [0.1, 0.15) is 40.9 Å². The fourth-order valence-corrected chi connectivity index (χ4v) is 5.20. The third kappa shape index (κ3) is 5.07. The van der Waals surface area contributed by atoms with E-state index in [4.69, 9.17) is 14.2 Å². The number of aryl methyl sites for hydroxylation is 2. The highest BCUT2D eigenvalue weighted by molar-refractivity contribution is 5.83. The number of nitrogens with one attached hydrogen (secondary N) is 1. The largest absolute Gasteiger partial charge is 0.454 e. The second kappa shape index (κ2) is 9.95. The highest BCUT2D eigenvalue weighted by atomic mass is 16.7. The molecule has 37 heavy (non-hydrogen) atoms. The number of aromatic nitrogens is 5. The first-order valence-corrected chi connectivity index (χ1v) is 12.6. The van der Waals surface area contributed by atoms with Gasteiger partial charge >= 0.3 is 0 Å². The van der Waals surface area contributed by atoms with E-state index in [0.717, 1.165) is 64.4 Å². The highest BCUT2D eigenvalue weighted by Crippen LogP contribution is 2.33. The maximum absolute atomic E-state index is 13.1. The van der Waals surface area contributed by atoms with Crippen LogP contribution in [0.15, 0.2) is 41.2 Å². The van der Waals surface area contributed by atoms with E-state index in [1.54, 1.807) is 0 Å². The van der Waals surface area contributed by atoms with Crippen LogP contribution in [0.5, 0.6) is 11.5 Å². The fourth-order valence-electron chi connectivity index (χ4n) is 5.20. The predicted octanol–water partition coefficient (Wildman–Crippen LogP) is 3.24. The van der Waals surface area contributed by atoms with Crippen molar-refractivity contribution in [3.05, 3.63) is 74.8 Å². The average molecular weight is 503 g/mol. The van der Waals surface area contributed by atoms with Gasteiger partial charge in [-0.05, 0) is 78.1 Å². The van der Waals surface area contributed by atoms with Crippen LogP contribution in [0.25, 0.3) is 10.9 Å². The summed E-state index contributed by atoms with van der Waals surface area (Å²) >= 11 is 0. The van der Waals surface area contributed by atoms with Crippen LogP contribution in [0, 0.1) is 13.8 Å². The van der Waals surface area contributed by atoms with Crippen molar-refractivity contribution in [1.29, 1.82) is 0 Å². The van der Waals surface area contributed by atoms with E-state index in [0.29, 0.717) is 31.7 Å². The Morgan fingerprint density at radius 1 is 1.08 bits per heavy atom. The topological polar surface area (TPSA) is 107 Å². The van der Waals surface area contributed by atoms with Crippen molar-refractivity contribution in [2.75, 3.05) is 13.4 Å². The van der Waals surface area contributed by atoms with E-state index in [1.165, 1.54) is 0 Å². The molecule has 10 heteroatoms. The van der Waals surface area contributed by atoms with Gasteiger partial charge in [0.25, 0.3) is 5.56 Å². The lowest BCUT2D eigenvalue weighted by atomic mass is 10.0. The number of rotatable bonds is 8. The van der Waals surface area contributed by atoms with Crippen molar-refractivity contribution >= 4 is 10.9 Å². The first-order chi connectivity index (χ1) is 18.0. The maximum atomic E-state index is 13.1. The molecule has 2 aromatic heterocycles. The molecule has 6 rings (SSSR count). The Morgan fingerprint density at radius 2 is 1.97 bits per heavy atom. The summed E-state index contributed by atoms with van der Waals surface area (Å²) in [6.07, 6.45) is 2.19. The van der Waals surface area contributed by atoms with E-state index in [1.807, 2.05) is 41.9 Å². The summed E-state index contributed by atoms with van der Waals surface area (Å²) in [7, 11) is 0. The molecule has 10 nitrogen and oxygen atoms in total. The number of aromatic amines is 1. The van der Waals surface area contributed by atoms with Gasteiger partial charge in [-0.15, -0.1) is 5.10 Å². The molecule has 0 aliphatic carbocycles. The zero-order valence-electron chi connectivity index (χ0n) is 21.1. The number of tetrazole rings is 1. The molecule has 0 bridgehead atoms. The van der Waals surface area contributed by atoms with Crippen LogP contribution in [0.4, 0.5) is 0 Å². The summed E-state index contributed by atoms with van der Waals surface area (Å²) in [5.41, 5.74) is 4.76. The summed E-state index contributed by atoms with van der Waals surface area (Å²) in [5.74, 6) is 2.21. The number of hydrogen-bond donors (Lipinski definition) is 1. The van der Waals surface area contributed by atoms with Gasteiger partial charge in [-0.2, -0.15) is 0 Å². The third-order valence-electron chi connectivity index (χ3n) is 7.00. The minimum absolute atomic E-state index is 0.0906. The minimum Gasteiger partial charge on any atom is -0.454 e. The fraction of sp³-hybridized carbons (Fsp3) is 0.407. The summed E-state index contributed by atoms with van der Waals surface area (Å²) in [6, 6.07) is 12.1. The lowest BCUT2D eigenvalue weighted by Gasteiger charge is -2.22. The predicted molar refractivity (Wildman–Crippen MR) is 136 cm³/mol. The number of hydrogen-bond acceptors (Lipinski definition) is 8. The first-order valence-electron chi connectivity index (χ1n) is 12.6. The second-order valence-electron chi connectivity index (χ2n) is 9.91. The molecule has 4 aromatic rings. The maximum Gasteiger partial charge on any atom is 0.252 e. The summed E-state index contributed by atoms with van der Waals surface area (Å²) in [5, 5.41) is 13.5. The van der Waals surface area contributed by atoms with Gasteiger partial charge in [0.1, 0.15) is 0 Å². The number of fused-ring (bicyclic) bond motifs is 2. The van der Waals surface area contributed by atoms with Gasteiger partial charge in [0.05, 0.1) is 19.2 Å². The first kappa shape index (κ1) is 23.6. The molecule has 2 aromatic carbocycles. The molecule has 1 atom stereocenters. The molecule has 192 valence electrons. The zero-order valence-corrected chi connectivity index (χ0v) is 21.1. The van der Waals surface area contributed by atoms with Crippen LogP contribution in [-0.2, 0) is 30.9 Å². The Balaban J connectivity index is 1.31. The van der Waals surface area contributed by atoms with Gasteiger partial charge < -0.3 is 19.2 Å². The standard InChI is InChI=1S/C27H30N6O4/c1-17-8-18(2)22-11-20(27(34)28-23(22)9-17)13-32(12-19-5-6-24-25(10-19)37-16-36-24)15-26-29-30-31-33(26)14-21-4-3-7-35-21/h5-6,8-11,21H,3-4,7,12-16H2,1-2H3,(H,28,34)/t21-/m1/s1. The molecular formula is C27H30N6O4. The normalized spacial score (nSPS) is 16.8. The third-order valence-corrected chi connectivity index (χ3v) is 7.00. The monoisotopic (exact) mass is 502 g/mol. The lowest BCUT2D eigenvalue weighted by molar-refractivity contribution is 0.0914. The van der Waals surface area contributed by atoms with Gasteiger partial charge in [-0.1, -0.05) is 12.1 Å². The molecule has 0 radical (unpaired) electrons. The van der Waals surface area contributed by atoms with Gasteiger partial charge in [0, 0.05) is 36.2 Å². The van der Waals surface area contributed by atoms with E-state index >= 15 is 0 Å². The zero-order chi connectivity index (χ0) is 25.4. The molecule has 0 saturated carbocycles. The molecule has 1 N–H and O–H groups in total. The Bertz CT molecular complexity index is 1490. The van der Waals surface area contributed by atoms with E-state index in [-0.39, 0.29) is 18.5 Å². The molecule has 2 aliphatic heterocycles. The Labute approximate surface area is 214 Å². The molecule has 4 heterocycles. The van der Waals surface area contributed by atoms with Crippen molar-refractivity contribution < 1.29 is 14.2 Å². The van der Waals surface area contributed by atoms with Crippen molar-refractivity contribution in [2.24, 2.45) is 0 Å². The SMILES string of the molecule is Cc1cc(C)c2cc(CN(Cc3ccc4c(c3)OCO4)Cc3nnnn3C[C@H]3CCCO3)c(=O)[nH]c2c1. The molecule has 0 amide bonds. The van der Waals surface area contributed by atoms with E-state index < -0.39 is 0 Å². The van der Waals surface area contributed by atoms with Gasteiger partial charge in [0.2, 0.25) is 6.79 Å². The lowest BCUT2D eigenvalue weighted by Crippen LogP contribution is -2.29. The van der Waals surface area contributed by atoms with Crippen molar-refractivity contribution in [3.8, 4) is 11.5 Å². The van der Waals surface area contributed by atoms with Crippen LogP contribution >= 0.6 is 0 Å². The minimum atomic E-state index is -0.0906. The highest BCUT2D eigenvalue weighted by Gasteiger charge is 2.22. The second-order valence-corrected chi connectivity index (χ2v) is 9.91.